The molecule has 0 aromatic heterocycles. The summed E-state index contributed by atoms with van der Waals surface area (Å²) in [6, 6.07) is 7.34. The number of hydrogen-bond acceptors (Lipinski definition) is 2. The Kier molecular flexibility index (Phi) is 3.59. The van der Waals surface area contributed by atoms with Crippen LogP contribution in [0.25, 0.3) is 0 Å². The lowest BCUT2D eigenvalue weighted by Gasteiger charge is -2.03. The van der Waals surface area contributed by atoms with Gasteiger partial charge in [0.2, 0.25) is 0 Å². The molecular formula is C10H12N2OS. The zero-order valence-electron chi connectivity index (χ0n) is 7.91. The molecule has 1 amide bonds. The van der Waals surface area contributed by atoms with Gasteiger partial charge in [-0.15, -0.1) is 0 Å². The second-order valence-electron chi connectivity index (χ2n) is 2.87. The predicted molar refractivity (Wildman–Crippen MR) is 60.1 cm³/mol. The smallest absolute Gasteiger partial charge is 0.257 e. The first kappa shape index (κ1) is 10.7. The minimum Gasteiger partial charge on any atom is -0.376 e. The molecule has 0 aliphatic carbocycles. The van der Waals surface area contributed by atoms with E-state index in [1.54, 1.807) is 12.1 Å². The number of nitrogens with one attached hydrogen (secondary N) is 1. The van der Waals surface area contributed by atoms with Crippen molar-refractivity contribution < 1.29 is 4.79 Å². The van der Waals surface area contributed by atoms with Gasteiger partial charge in [0, 0.05) is 5.56 Å². The fraction of sp³-hybridized carbons (Fsp3) is 0.200. The van der Waals surface area contributed by atoms with E-state index in [-0.39, 0.29) is 11.0 Å². The van der Waals surface area contributed by atoms with Crippen molar-refractivity contribution in [1.82, 2.24) is 5.32 Å². The number of rotatable bonds is 2. The van der Waals surface area contributed by atoms with E-state index in [0.29, 0.717) is 5.56 Å². The van der Waals surface area contributed by atoms with Crippen molar-refractivity contribution in [3.63, 3.8) is 0 Å². The molecule has 0 unspecified atom stereocenters. The molecule has 1 aromatic rings. The van der Waals surface area contributed by atoms with Crippen molar-refractivity contribution in [2.75, 3.05) is 0 Å². The summed E-state index contributed by atoms with van der Waals surface area (Å²) in [5.74, 6) is -0.264. The van der Waals surface area contributed by atoms with E-state index in [9.17, 15) is 4.79 Å². The second-order valence-corrected chi connectivity index (χ2v) is 3.31. The van der Waals surface area contributed by atoms with Gasteiger partial charge in [-0.1, -0.05) is 19.1 Å². The zero-order valence-corrected chi connectivity index (χ0v) is 8.73. The minimum atomic E-state index is -0.264. The summed E-state index contributed by atoms with van der Waals surface area (Å²) in [6.07, 6.45) is 0.956. The van der Waals surface area contributed by atoms with Gasteiger partial charge in [0.1, 0.15) is 0 Å². The molecule has 14 heavy (non-hydrogen) atoms. The molecule has 0 heterocycles. The van der Waals surface area contributed by atoms with Crippen LogP contribution in [0.5, 0.6) is 0 Å². The molecular weight excluding hydrogens is 196 g/mol. The topological polar surface area (TPSA) is 55.1 Å². The molecule has 0 fully saturated rings. The summed E-state index contributed by atoms with van der Waals surface area (Å²) in [5.41, 5.74) is 6.94. The molecule has 3 nitrogen and oxygen atoms in total. The number of carbonyl (C=O) groups excluding carboxylic acids is 1. The normalized spacial score (nSPS) is 9.50. The standard InChI is InChI=1S/C10H12N2OS/c1-2-7-3-5-8(6-4-7)9(13)12-10(11)14/h3-6H,2H2,1H3,(H3,11,12,13,14). The van der Waals surface area contributed by atoms with Gasteiger partial charge >= 0.3 is 0 Å². The maximum atomic E-state index is 11.4. The Morgan fingerprint density at radius 2 is 2.00 bits per heavy atom. The molecule has 0 aliphatic heterocycles. The number of thiocarbonyl (C=S) groups is 1. The summed E-state index contributed by atoms with van der Waals surface area (Å²) in [5, 5.41) is 2.36. The highest BCUT2D eigenvalue weighted by molar-refractivity contribution is 7.80. The third kappa shape index (κ3) is 2.81. The van der Waals surface area contributed by atoms with Crippen LogP contribution in [0.15, 0.2) is 24.3 Å². The van der Waals surface area contributed by atoms with Crippen molar-refractivity contribution in [1.29, 1.82) is 0 Å². The van der Waals surface area contributed by atoms with E-state index < -0.39 is 0 Å². The van der Waals surface area contributed by atoms with Gasteiger partial charge in [0.25, 0.3) is 5.91 Å². The van der Waals surface area contributed by atoms with Gasteiger partial charge < -0.3 is 5.73 Å². The lowest BCUT2D eigenvalue weighted by molar-refractivity contribution is 0.0977. The third-order valence-corrected chi connectivity index (χ3v) is 1.96. The van der Waals surface area contributed by atoms with Crippen molar-refractivity contribution in [3.05, 3.63) is 35.4 Å². The fourth-order valence-electron chi connectivity index (χ4n) is 1.08. The molecule has 0 radical (unpaired) electrons. The molecule has 1 aromatic carbocycles. The average Bonchev–Trinajstić information content (AvgIpc) is 2.17. The molecule has 0 spiro atoms. The minimum absolute atomic E-state index is 0.00503. The van der Waals surface area contributed by atoms with Crippen LogP contribution in [0.2, 0.25) is 0 Å². The van der Waals surface area contributed by atoms with Gasteiger partial charge in [-0.2, -0.15) is 0 Å². The Labute approximate surface area is 88.3 Å². The summed E-state index contributed by atoms with van der Waals surface area (Å²) in [7, 11) is 0. The van der Waals surface area contributed by atoms with E-state index in [4.69, 9.17) is 5.73 Å². The van der Waals surface area contributed by atoms with Crippen molar-refractivity contribution in [2.24, 2.45) is 5.73 Å². The van der Waals surface area contributed by atoms with Crippen LogP contribution in [0.1, 0.15) is 22.8 Å². The molecule has 0 saturated carbocycles. The average molecular weight is 208 g/mol. The second kappa shape index (κ2) is 4.72. The molecule has 0 atom stereocenters. The largest absolute Gasteiger partial charge is 0.376 e. The predicted octanol–water partition coefficient (Wildman–Crippen LogP) is 1.22. The van der Waals surface area contributed by atoms with Crippen LogP contribution >= 0.6 is 12.2 Å². The van der Waals surface area contributed by atoms with Gasteiger partial charge in [-0.3, -0.25) is 10.1 Å². The van der Waals surface area contributed by atoms with Crippen LogP contribution < -0.4 is 11.1 Å². The van der Waals surface area contributed by atoms with Crippen LogP contribution in [-0.4, -0.2) is 11.0 Å². The van der Waals surface area contributed by atoms with Crippen LogP contribution in [0.3, 0.4) is 0 Å². The fourth-order valence-corrected chi connectivity index (χ4v) is 1.17. The Morgan fingerprint density at radius 1 is 1.43 bits per heavy atom. The first-order valence-corrected chi connectivity index (χ1v) is 4.74. The molecule has 0 bridgehead atoms. The number of hydrogen-bond donors (Lipinski definition) is 2. The van der Waals surface area contributed by atoms with Crippen molar-refractivity contribution in [2.45, 2.75) is 13.3 Å². The molecule has 1 rings (SSSR count). The Bertz CT molecular complexity index is 346. The lowest BCUT2D eigenvalue weighted by Crippen LogP contribution is -2.34. The van der Waals surface area contributed by atoms with E-state index in [1.807, 2.05) is 12.1 Å². The highest BCUT2D eigenvalue weighted by Gasteiger charge is 2.04. The summed E-state index contributed by atoms with van der Waals surface area (Å²) >= 11 is 4.57. The number of carbonyl (C=O) groups is 1. The van der Waals surface area contributed by atoms with Gasteiger partial charge in [0.05, 0.1) is 0 Å². The first-order valence-electron chi connectivity index (χ1n) is 4.33. The molecule has 3 N–H and O–H groups in total. The van der Waals surface area contributed by atoms with Crippen molar-refractivity contribution >= 4 is 23.2 Å². The zero-order chi connectivity index (χ0) is 10.6. The molecule has 74 valence electrons. The summed E-state index contributed by atoms with van der Waals surface area (Å²) in [6.45, 7) is 2.06. The first-order chi connectivity index (χ1) is 6.63. The number of benzene rings is 1. The van der Waals surface area contributed by atoms with Gasteiger partial charge in [-0.25, -0.2) is 0 Å². The van der Waals surface area contributed by atoms with Crippen LogP contribution in [-0.2, 0) is 6.42 Å². The molecule has 4 heteroatoms. The third-order valence-electron chi connectivity index (χ3n) is 1.86. The van der Waals surface area contributed by atoms with Gasteiger partial charge in [0.15, 0.2) is 5.11 Å². The number of amides is 1. The molecule has 0 aliphatic rings. The monoisotopic (exact) mass is 208 g/mol. The van der Waals surface area contributed by atoms with E-state index in [1.165, 1.54) is 5.56 Å². The van der Waals surface area contributed by atoms with E-state index >= 15 is 0 Å². The number of aryl methyl sites for hydroxylation is 1. The Balaban J connectivity index is 2.76. The number of nitrogens with two attached hydrogens (primary N) is 1. The maximum Gasteiger partial charge on any atom is 0.257 e. The van der Waals surface area contributed by atoms with Crippen LogP contribution in [0, 0.1) is 0 Å². The van der Waals surface area contributed by atoms with E-state index in [2.05, 4.69) is 24.5 Å². The van der Waals surface area contributed by atoms with Crippen molar-refractivity contribution in [3.8, 4) is 0 Å². The maximum absolute atomic E-state index is 11.4. The quantitative estimate of drug-likeness (QED) is 0.719. The highest BCUT2D eigenvalue weighted by atomic mass is 32.1. The Hall–Kier alpha value is -1.42. The summed E-state index contributed by atoms with van der Waals surface area (Å²) < 4.78 is 0. The van der Waals surface area contributed by atoms with Gasteiger partial charge in [-0.05, 0) is 36.3 Å². The SMILES string of the molecule is CCc1ccc(C(=O)NC(N)=S)cc1. The van der Waals surface area contributed by atoms with E-state index in [0.717, 1.165) is 6.42 Å². The Morgan fingerprint density at radius 3 is 2.43 bits per heavy atom. The summed E-state index contributed by atoms with van der Waals surface area (Å²) in [4.78, 5) is 11.4. The molecule has 0 saturated heterocycles. The van der Waals surface area contributed by atoms with Crippen LogP contribution in [0.4, 0.5) is 0 Å². The lowest BCUT2D eigenvalue weighted by atomic mass is 10.1. The highest BCUT2D eigenvalue weighted by Crippen LogP contribution is 2.04.